The number of nitrogens with two attached hydrogens (primary N) is 1. The van der Waals surface area contributed by atoms with Crippen molar-refractivity contribution < 1.29 is 0 Å². The van der Waals surface area contributed by atoms with Crippen LogP contribution in [-0.4, -0.2) is 35.4 Å². The molecule has 0 aromatic heterocycles. The maximum Gasteiger partial charge on any atom is 0.217 e. The summed E-state index contributed by atoms with van der Waals surface area (Å²) in [6.45, 7) is 8.71. The van der Waals surface area contributed by atoms with Gasteiger partial charge in [-0.25, -0.2) is 9.98 Å². The first-order chi connectivity index (χ1) is 7.39. The normalized spacial score (nSPS) is 13.4. The Labute approximate surface area is 110 Å². The SMILES string of the molecule is C=NC(=NCC(N)=CC=N)NCC(C)(C)I. The van der Waals surface area contributed by atoms with E-state index in [1.165, 1.54) is 6.08 Å². The van der Waals surface area contributed by atoms with E-state index in [0.29, 0.717) is 18.2 Å². The number of nitrogens with one attached hydrogen (secondary N) is 2. The van der Waals surface area contributed by atoms with E-state index in [9.17, 15) is 0 Å². The summed E-state index contributed by atoms with van der Waals surface area (Å²) >= 11 is 2.34. The number of nitrogens with zero attached hydrogens (tertiary/aromatic N) is 2. The summed E-state index contributed by atoms with van der Waals surface area (Å²) in [5.41, 5.74) is 6.10. The predicted octanol–water partition coefficient (Wildman–Crippen LogP) is 1.34. The third-order valence-corrected chi connectivity index (χ3v) is 1.91. The molecule has 0 saturated heterocycles. The average molecular weight is 335 g/mol. The van der Waals surface area contributed by atoms with E-state index in [1.807, 2.05) is 0 Å². The molecule has 5 nitrogen and oxygen atoms in total. The van der Waals surface area contributed by atoms with Crippen LogP contribution >= 0.6 is 22.6 Å². The Bertz CT molecular complexity index is 301. The second kappa shape index (κ2) is 7.37. The van der Waals surface area contributed by atoms with Crippen molar-refractivity contribution in [2.75, 3.05) is 13.1 Å². The lowest BCUT2D eigenvalue weighted by atomic mass is 10.2. The number of hydrogen-bond acceptors (Lipinski definition) is 3. The van der Waals surface area contributed by atoms with E-state index in [2.05, 4.69) is 58.5 Å². The van der Waals surface area contributed by atoms with E-state index >= 15 is 0 Å². The lowest BCUT2D eigenvalue weighted by molar-refractivity contribution is 0.704. The Morgan fingerprint density at radius 1 is 1.62 bits per heavy atom. The number of aliphatic imine (C=N–C) groups is 2. The van der Waals surface area contributed by atoms with Gasteiger partial charge in [0.15, 0.2) is 0 Å². The Kier molecular flexibility index (Phi) is 6.95. The van der Waals surface area contributed by atoms with Gasteiger partial charge in [0.2, 0.25) is 5.96 Å². The fourth-order valence-electron chi connectivity index (χ4n) is 0.777. The Balaban J connectivity index is 4.28. The maximum atomic E-state index is 6.84. The number of hydrogen-bond donors (Lipinski definition) is 3. The molecule has 0 aliphatic heterocycles. The van der Waals surface area contributed by atoms with Crippen molar-refractivity contribution in [3.8, 4) is 0 Å². The highest BCUT2D eigenvalue weighted by Crippen LogP contribution is 2.14. The lowest BCUT2D eigenvalue weighted by Crippen LogP contribution is -2.33. The molecule has 0 amide bonds. The number of alkyl halides is 1. The van der Waals surface area contributed by atoms with Crippen molar-refractivity contribution in [3.63, 3.8) is 0 Å². The monoisotopic (exact) mass is 335 g/mol. The molecule has 0 spiro atoms. The van der Waals surface area contributed by atoms with Gasteiger partial charge < -0.3 is 16.5 Å². The first-order valence-electron chi connectivity index (χ1n) is 4.78. The fourth-order valence-corrected chi connectivity index (χ4v) is 0.968. The quantitative estimate of drug-likeness (QED) is 0.306. The molecule has 0 bridgehead atoms. The summed E-state index contributed by atoms with van der Waals surface area (Å²) in [5, 5.41) is 9.92. The zero-order chi connectivity index (χ0) is 12.6. The van der Waals surface area contributed by atoms with Gasteiger partial charge >= 0.3 is 0 Å². The molecule has 90 valence electrons. The zero-order valence-electron chi connectivity index (χ0n) is 9.63. The highest BCUT2D eigenvalue weighted by atomic mass is 127. The van der Waals surface area contributed by atoms with Crippen molar-refractivity contribution in [2.45, 2.75) is 17.3 Å². The van der Waals surface area contributed by atoms with Gasteiger partial charge in [-0.3, -0.25) is 0 Å². The Hall–Kier alpha value is -0.920. The van der Waals surface area contributed by atoms with Gasteiger partial charge in [-0.15, -0.1) is 0 Å². The van der Waals surface area contributed by atoms with Crippen LogP contribution in [0.25, 0.3) is 0 Å². The van der Waals surface area contributed by atoms with Crippen LogP contribution in [0.3, 0.4) is 0 Å². The molecule has 0 atom stereocenters. The first kappa shape index (κ1) is 15.1. The second-order valence-corrected chi connectivity index (χ2v) is 6.70. The average Bonchev–Trinajstić information content (AvgIpc) is 2.17. The van der Waals surface area contributed by atoms with Gasteiger partial charge in [0.25, 0.3) is 0 Å². The van der Waals surface area contributed by atoms with Crippen LogP contribution in [0.2, 0.25) is 0 Å². The molecule has 0 heterocycles. The predicted molar refractivity (Wildman–Crippen MR) is 79.0 cm³/mol. The van der Waals surface area contributed by atoms with E-state index in [0.717, 1.165) is 12.8 Å². The molecule has 0 aliphatic rings. The summed E-state index contributed by atoms with van der Waals surface area (Å²) < 4.78 is 0.125. The number of rotatable bonds is 5. The molecule has 0 aromatic rings. The molecule has 4 N–H and O–H groups in total. The van der Waals surface area contributed by atoms with Crippen molar-refractivity contribution in [3.05, 3.63) is 11.8 Å². The van der Waals surface area contributed by atoms with E-state index in [1.54, 1.807) is 0 Å². The van der Waals surface area contributed by atoms with Crippen LogP contribution in [0.5, 0.6) is 0 Å². The molecular formula is C10H18IN5. The van der Waals surface area contributed by atoms with Crippen LogP contribution in [0.4, 0.5) is 0 Å². The third-order valence-electron chi connectivity index (χ3n) is 1.53. The molecule has 0 aliphatic carbocycles. The first-order valence-corrected chi connectivity index (χ1v) is 5.86. The Morgan fingerprint density at radius 3 is 2.69 bits per heavy atom. The standard InChI is InChI=1S/C10H18IN5/c1-10(2,11)7-16-9(14-3)15-6-8(13)4-5-12/h4-5,12H,3,6-7,13H2,1-2H3,(H,15,16). The summed E-state index contributed by atoms with van der Waals surface area (Å²) in [7, 11) is 0. The van der Waals surface area contributed by atoms with E-state index in [4.69, 9.17) is 11.1 Å². The number of allylic oxidation sites excluding steroid dienone is 1. The maximum absolute atomic E-state index is 6.84. The second-order valence-electron chi connectivity index (χ2n) is 3.78. The Morgan fingerprint density at radius 2 is 2.25 bits per heavy atom. The summed E-state index contributed by atoms with van der Waals surface area (Å²) in [5.74, 6) is 0.478. The zero-order valence-corrected chi connectivity index (χ0v) is 11.8. The molecule has 0 rings (SSSR count). The van der Waals surface area contributed by atoms with E-state index in [-0.39, 0.29) is 3.42 Å². The largest absolute Gasteiger partial charge is 0.400 e. The summed E-state index contributed by atoms with van der Waals surface area (Å²) in [6.07, 6.45) is 2.62. The summed E-state index contributed by atoms with van der Waals surface area (Å²) in [4.78, 5) is 7.91. The fraction of sp³-hybridized carbons (Fsp3) is 0.500. The molecule has 0 saturated carbocycles. The van der Waals surface area contributed by atoms with Gasteiger partial charge in [-0.05, 0) is 26.6 Å². The minimum absolute atomic E-state index is 0.125. The van der Waals surface area contributed by atoms with E-state index < -0.39 is 0 Å². The van der Waals surface area contributed by atoms with Gasteiger partial charge in [0.1, 0.15) is 0 Å². The number of halogens is 1. The van der Waals surface area contributed by atoms with Gasteiger partial charge in [-0.2, -0.15) is 0 Å². The number of guanidine groups is 1. The molecule has 16 heavy (non-hydrogen) atoms. The van der Waals surface area contributed by atoms with Gasteiger partial charge in [0, 0.05) is 21.9 Å². The van der Waals surface area contributed by atoms with Crippen LogP contribution in [0.1, 0.15) is 13.8 Å². The van der Waals surface area contributed by atoms with Crippen LogP contribution in [0, 0.1) is 5.41 Å². The van der Waals surface area contributed by atoms with Crippen molar-refractivity contribution in [2.24, 2.45) is 15.7 Å². The molecule has 0 aromatic carbocycles. The lowest BCUT2D eigenvalue weighted by Gasteiger charge is -2.17. The molecule has 0 unspecified atom stereocenters. The van der Waals surface area contributed by atoms with Gasteiger partial charge in [-0.1, -0.05) is 22.6 Å². The van der Waals surface area contributed by atoms with Crippen molar-refractivity contribution >= 4 is 41.5 Å². The smallest absolute Gasteiger partial charge is 0.217 e. The van der Waals surface area contributed by atoms with Crippen LogP contribution in [0.15, 0.2) is 21.8 Å². The van der Waals surface area contributed by atoms with Crippen LogP contribution in [-0.2, 0) is 0 Å². The van der Waals surface area contributed by atoms with Gasteiger partial charge in [0.05, 0.1) is 6.54 Å². The van der Waals surface area contributed by atoms with Crippen LogP contribution < -0.4 is 11.1 Å². The molecule has 0 fully saturated rings. The van der Waals surface area contributed by atoms with Crippen molar-refractivity contribution in [1.29, 1.82) is 5.41 Å². The molecular weight excluding hydrogens is 317 g/mol. The minimum atomic E-state index is 0.125. The minimum Gasteiger partial charge on any atom is -0.400 e. The highest BCUT2D eigenvalue weighted by molar-refractivity contribution is 14.1. The highest BCUT2D eigenvalue weighted by Gasteiger charge is 2.12. The van der Waals surface area contributed by atoms with Crippen molar-refractivity contribution in [1.82, 2.24) is 5.32 Å². The molecule has 0 radical (unpaired) electrons. The third kappa shape index (κ3) is 8.39. The summed E-state index contributed by atoms with van der Waals surface area (Å²) in [6, 6.07) is 0. The topological polar surface area (TPSA) is 86.6 Å². The molecule has 6 heteroatoms.